The molecule has 0 N–H and O–H groups in total. The highest BCUT2D eigenvalue weighted by Gasteiger charge is 2.31. The van der Waals surface area contributed by atoms with Crippen molar-refractivity contribution >= 4 is 0 Å². The van der Waals surface area contributed by atoms with Crippen molar-refractivity contribution in [3.05, 3.63) is 24.0 Å². The maximum atomic E-state index is 5.91. The monoisotopic (exact) mass is 252 g/mol. The lowest BCUT2D eigenvalue weighted by Crippen LogP contribution is -2.25. The predicted molar refractivity (Wildman–Crippen MR) is 66.2 cm³/mol. The van der Waals surface area contributed by atoms with Gasteiger partial charge in [-0.1, -0.05) is 12.7 Å². The first-order valence-corrected chi connectivity index (χ1v) is 6.70. The van der Waals surface area contributed by atoms with Crippen LogP contribution < -0.4 is 0 Å². The standard InChI is InChI=1S/C14H20O4/c1-2-10-4-3-5-13(17-8-11-6-15-11)14(10)18-9-12-7-16-12/h2,11-13H,1,3-9H2. The summed E-state index contributed by atoms with van der Waals surface area (Å²) in [6.07, 6.45) is 5.71. The van der Waals surface area contributed by atoms with Crippen LogP contribution in [0.5, 0.6) is 0 Å². The van der Waals surface area contributed by atoms with E-state index in [1.54, 1.807) is 0 Å². The van der Waals surface area contributed by atoms with Gasteiger partial charge in [-0.2, -0.15) is 0 Å². The second-order valence-corrected chi connectivity index (χ2v) is 5.03. The molecule has 0 bridgehead atoms. The number of rotatable bonds is 7. The van der Waals surface area contributed by atoms with Crippen LogP contribution in [0.15, 0.2) is 24.0 Å². The number of hydrogen-bond acceptors (Lipinski definition) is 4. The van der Waals surface area contributed by atoms with Gasteiger partial charge in [0.15, 0.2) is 0 Å². The molecule has 0 aromatic carbocycles. The van der Waals surface area contributed by atoms with Crippen molar-refractivity contribution < 1.29 is 18.9 Å². The zero-order chi connectivity index (χ0) is 12.4. The van der Waals surface area contributed by atoms with Crippen molar-refractivity contribution in [1.82, 2.24) is 0 Å². The number of ether oxygens (including phenoxy) is 4. The second kappa shape index (κ2) is 5.43. The summed E-state index contributed by atoms with van der Waals surface area (Å²) >= 11 is 0. The Morgan fingerprint density at radius 3 is 2.61 bits per heavy atom. The van der Waals surface area contributed by atoms with E-state index in [-0.39, 0.29) is 12.2 Å². The van der Waals surface area contributed by atoms with Crippen LogP contribution in [0.1, 0.15) is 19.3 Å². The smallest absolute Gasteiger partial charge is 0.128 e. The Kier molecular flexibility index (Phi) is 3.68. The van der Waals surface area contributed by atoms with Crippen LogP contribution in [-0.4, -0.2) is 44.7 Å². The fourth-order valence-electron chi connectivity index (χ4n) is 2.22. The summed E-state index contributed by atoms with van der Waals surface area (Å²) in [5.74, 6) is 0.965. The lowest BCUT2D eigenvalue weighted by atomic mass is 9.95. The summed E-state index contributed by atoms with van der Waals surface area (Å²) in [6.45, 7) is 6.82. The van der Waals surface area contributed by atoms with Gasteiger partial charge in [-0.05, 0) is 24.8 Å². The van der Waals surface area contributed by atoms with Gasteiger partial charge in [-0.25, -0.2) is 0 Å². The third-order valence-corrected chi connectivity index (χ3v) is 3.48. The van der Waals surface area contributed by atoms with E-state index in [9.17, 15) is 0 Å². The molecule has 0 radical (unpaired) electrons. The van der Waals surface area contributed by atoms with Crippen molar-refractivity contribution in [3.63, 3.8) is 0 Å². The Bertz CT molecular complexity index is 342. The highest BCUT2D eigenvalue weighted by Crippen LogP contribution is 2.30. The van der Waals surface area contributed by atoms with E-state index >= 15 is 0 Å². The summed E-state index contributed by atoms with van der Waals surface area (Å²) in [6, 6.07) is 0. The Hall–Kier alpha value is -0.840. The fraction of sp³-hybridized carbons (Fsp3) is 0.714. The van der Waals surface area contributed by atoms with Crippen molar-refractivity contribution in [1.29, 1.82) is 0 Å². The highest BCUT2D eigenvalue weighted by atomic mass is 16.6. The molecule has 100 valence electrons. The van der Waals surface area contributed by atoms with E-state index in [1.807, 2.05) is 6.08 Å². The first kappa shape index (κ1) is 12.2. The second-order valence-electron chi connectivity index (χ2n) is 5.03. The average Bonchev–Trinajstić information content (AvgIpc) is 3.28. The Morgan fingerprint density at radius 1 is 1.22 bits per heavy atom. The van der Waals surface area contributed by atoms with E-state index in [2.05, 4.69) is 6.58 Å². The van der Waals surface area contributed by atoms with Crippen LogP contribution in [0, 0.1) is 0 Å². The topological polar surface area (TPSA) is 43.5 Å². The molecule has 4 heteroatoms. The Balaban J connectivity index is 1.61. The van der Waals surface area contributed by atoms with Gasteiger partial charge in [-0.3, -0.25) is 0 Å². The van der Waals surface area contributed by atoms with Gasteiger partial charge in [-0.15, -0.1) is 0 Å². The molecule has 3 rings (SSSR count). The zero-order valence-corrected chi connectivity index (χ0v) is 10.6. The maximum absolute atomic E-state index is 5.91. The summed E-state index contributed by atoms with van der Waals surface area (Å²) in [5.41, 5.74) is 1.18. The van der Waals surface area contributed by atoms with Crippen LogP contribution in [0.25, 0.3) is 0 Å². The van der Waals surface area contributed by atoms with Crippen molar-refractivity contribution in [2.45, 2.75) is 37.6 Å². The molecule has 4 nitrogen and oxygen atoms in total. The first-order valence-electron chi connectivity index (χ1n) is 6.70. The first-order chi connectivity index (χ1) is 8.86. The van der Waals surface area contributed by atoms with Crippen LogP contribution in [0.3, 0.4) is 0 Å². The molecule has 0 aromatic rings. The minimum Gasteiger partial charge on any atom is -0.492 e. The molecule has 2 fully saturated rings. The Morgan fingerprint density at radius 2 is 1.94 bits per heavy atom. The molecule has 0 saturated carbocycles. The van der Waals surface area contributed by atoms with Crippen molar-refractivity contribution in [2.75, 3.05) is 26.4 Å². The van der Waals surface area contributed by atoms with Gasteiger partial charge < -0.3 is 18.9 Å². The molecule has 3 unspecified atom stereocenters. The minimum absolute atomic E-state index is 0.0645. The van der Waals surface area contributed by atoms with Gasteiger partial charge in [0.05, 0.1) is 19.8 Å². The lowest BCUT2D eigenvalue weighted by molar-refractivity contribution is 0.00810. The molecule has 18 heavy (non-hydrogen) atoms. The normalized spacial score (nSPS) is 34.3. The molecular formula is C14H20O4. The number of allylic oxidation sites excluding steroid dienone is 2. The van der Waals surface area contributed by atoms with E-state index < -0.39 is 0 Å². The summed E-state index contributed by atoms with van der Waals surface area (Å²) in [7, 11) is 0. The van der Waals surface area contributed by atoms with Crippen LogP contribution in [0.2, 0.25) is 0 Å². The minimum atomic E-state index is 0.0645. The summed E-state index contributed by atoms with van der Waals surface area (Å²) < 4.78 is 22.2. The molecule has 1 aliphatic carbocycles. The summed E-state index contributed by atoms with van der Waals surface area (Å²) in [5, 5.41) is 0. The third kappa shape index (κ3) is 3.13. The molecule has 3 aliphatic rings. The molecule has 2 aliphatic heterocycles. The SMILES string of the molecule is C=CC1=C(OCC2CO2)C(OCC2CO2)CCC1. The number of epoxide rings is 2. The highest BCUT2D eigenvalue weighted by molar-refractivity contribution is 5.25. The van der Waals surface area contributed by atoms with Crippen LogP contribution >= 0.6 is 0 Å². The van der Waals surface area contributed by atoms with Crippen molar-refractivity contribution in [2.24, 2.45) is 0 Å². The molecule has 2 heterocycles. The quantitative estimate of drug-likeness (QED) is 0.648. The van der Waals surface area contributed by atoms with Gasteiger partial charge in [0.1, 0.15) is 30.7 Å². The van der Waals surface area contributed by atoms with Crippen molar-refractivity contribution in [3.8, 4) is 0 Å². The molecule has 3 atom stereocenters. The molecule has 2 saturated heterocycles. The van der Waals surface area contributed by atoms with Gasteiger partial charge in [0.2, 0.25) is 0 Å². The molecule has 0 spiro atoms. The van der Waals surface area contributed by atoms with Gasteiger partial charge >= 0.3 is 0 Å². The zero-order valence-electron chi connectivity index (χ0n) is 10.6. The van der Waals surface area contributed by atoms with E-state index in [0.717, 1.165) is 38.2 Å². The lowest BCUT2D eigenvalue weighted by Gasteiger charge is -2.27. The van der Waals surface area contributed by atoms with Gasteiger partial charge in [0.25, 0.3) is 0 Å². The van der Waals surface area contributed by atoms with E-state index in [4.69, 9.17) is 18.9 Å². The average molecular weight is 252 g/mol. The fourth-order valence-corrected chi connectivity index (χ4v) is 2.22. The van der Waals surface area contributed by atoms with Crippen LogP contribution in [-0.2, 0) is 18.9 Å². The Labute approximate surface area is 108 Å². The van der Waals surface area contributed by atoms with E-state index in [0.29, 0.717) is 19.3 Å². The van der Waals surface area contributed by atoms with Gasteiger partial charge in [0, 0.05) is 0 Å². The number of hydrogen-bond donors (Lipinski definition) is 0. The van der Waals surface area contributed by atoms with E-state index in [1.165, 1.54) is 5.57 Å². The third-order valence-electron chi connectivity index (χ3n) is 3.48. The molecular weight excluding hydrogens is 232 g/mol. The molecule has 0 aromatic heterocycles. The largest absolute Gasteiger partial charge is 0.492 e. The summed E-state index contributed by atoms with van der Waals surface area (Å²) in [4.78, 5) is 0. The van der Waals surface area contributed by atoms with Crippen LogP contribution in [0.4, 0.5) is 0 Å². The molecule has 0 amide bonds. The maximum Gasteiger partial charge on any atom is 0.128 e. The predicted octanol–water partition coefficient (Wildman–Crippen LogP) is 1.81.